The molecule has 0 unspecified atom stereocenters. The van der Waals surface area contributed by atoms with Crippen molar-refractivity contribution in [1.29, 1.82) is 0 Å². The molecule has 0 spiro atoms. The zero-order valence-electron chi connectivity index (χ0n) is 9.31. The molecule has 0 fully saturated rings. The van der Waals surface area contributed by atoms with Gasteiger partial charge in [-0.15, -0.1) is 0 Å². The van der Waals surface area contributed by atoms with Crippen molar-refractivity contribution in [1.82, 2.24) is 4.90 Å². The van der Waals surface area contributed by atoms with Crippen molar-refractivity contribution >= 4 is 17.5 Å². The number of nitrogens with zero attached hydrogens (tertiary/aromatic N) is 1. The van der Waals surface area contributed by atoms with Gasteiger partial charge in [-0.3, -0.25) is 4.79 Å². The van der Waals surface area contributed by atoms with Gasteiger partial charge < -0.3 is 15.1 Å². The Kier molecular flexibility index (Phi) is 5.30. The summed E-state index contributed by atoms with van der Waals surface area (Å²) in [5.41, 5.74) is -0.0780. The Balaban J connectivity index is 2.97. The van der Waals surface area contributed by atoms with Gasteiger partial charge in [0.15, 0.2) is 0 Å². The monoisotopic (exact) mass is 279 g/mol. The van der Waals surface area contributed by atoms with Gasteiger partial charge in [0, 0.05) is 6.54 Å². The molecule has 100 valence electrons. The van der Waals surface area contributed by atoms with E-state index < -0.39 is 25.5 Å². The highest BCUT2D eigenvalue weighted by atomic mass is 35.5. The Bertz CT molecular complexity index is 429. The van der Waals surface area contributed by atoms with Gasteiger partial charge in [0.25, 0.3) is 12.3 Å². The molecule has 1 aromatic carbocycles. The molecule has 0 atom stereocenters. The number of aliphatic hydroxyl groups is 1. The molecule has 7 heteroatoms. The second-order valence-electron chi connectivity index (χ2n) is 3.53. The van der Waals surface area contributed by atoms with Gasteiger partial charge in [-0.25, -0.2) is 8.78 Å². The van der Waals surface area contributed by atoms with Crippen molar-refractivity contribution in [2.75, 3.05) is 19.7 Å². The lowest BCUT2D eigenvalue weighted by molar-refractivity contribution is 0.0509. The number of hydrogen-bond donors (Lipinski definition) is 2. The van der Waals surface area contributed by atoms with E-state index in [0.717, 1.165) is 11.0 Å². The van der Waals surface area contributed by atoms with Crippen LogP contribution in [0.5, 0.6) is 5.75 Å². The summed E-state index contributed by atoms with van der Waals surface area (Å²) in [5.74, 6) is -0.950. The van der Waals surface area contributed by atoms with Crippen LogP contribution in [-0.2, 0) is 0 Å². The average Bonchev–Trinajstić information content (AvgIpc) is 2.30. The zero-order chi connectivity index (χ0) is 13.7. The molecule has 2 N–H and O–H groups in total. The first-order chi connectivity index (χ1) is 8.45. The Labute approximate surface area is 107 Å². The SMILES string of the molecule is O=C(c1cc(O)ccc1Cl)N(CCO)CC(F)F. The predicted octanol–water partition coefficient (Wildman–Crippen LogP) is 1.75. The fourth-order valence-electron chi connectivity index (χ4n) is 1.41. The number of benzene rings is 1. The molecule has 0 aliphatic carbocycles. The van der Waals surface area contributed by atoms with Crippen molar-refractivity contribution in [2.45, 2.75) is 6.43 Å². The number of aromatic hydroxyl groups is 1. The van der Waals surface area contributed by atoms with E-state index in [-0.39, 0.29) is 22.9 Å². The third-order valence-electron chi connectivity index (χ3n) is 2.20. The number of alkyl halides is 2. The highest BCUT2D eigenvalue weighted by Gasteiger charge is 2.21. The van der Waals surface area contributed by atoms with Crippen LogP contribution in [-0.4, -0.2) is 47.1 Å². The number of rotatable bonds is 5. The first kappa shape index (κ1) is 14.7. The van der Waals surface area contributed by atoms with Crippen molar-refractivity contribution in [3.05, 3.63) is 28.8 Å². The summed E-state index contributed by atoms with van der Waals surface area (Å²) in [5, 5.41) is 18.1. The minimum Gasteiger partial charge on any atom is -0.508 e. The van der Waals surface area contributed by atoms with Gasteiger partial charge >= 0.3 is 0 Å². The van der Waals surface area contributed by atoms with Gasteiger partial charge in [-0.2, -0.15) is 0 Å². The molecule has 0 aromatic heterocycles. The Morgan fingerprint density at radius 3 is 2.67 bits per heavy atom. The number of phenols is 1. The standard InChI is InChI=1S/C11H12ClF2NO3/c12-9-2-1-7(17)5-8(9)11(18)15(3-4-16)6-10(13)14/h1-2,5,10,16-17H,3-4,6H2. The largest absolute Gasteiger partial charge is 0.508 e. The van der Waals surface area contributed by atoms with Crippen LogP contribution < -0.4 is 0 Å². The topological polar surface area (TPSA) is 60.8 Å². The van der Waals surface area contributed by atoms with Gasteiger partial charge in [-0.1, -0.05) is 11.6 Å². The molecule has 4 nitrogen and oxygen atoms in total. The smallest absolute Gasteiger partial charge is 0.255 e. The summed E-state index contributed by atoms with van der Waals surface area (Å²) in [6.45, 7) is -1.46. The summed E-state index contributed by atoms with van der Waals surface area (Å²) in [6, 6.07) is 3.67. The zero-order valence-corrected chi connectivity index (χ0v) is 10.1. The van der Waals surface area contributed by atoms with E-state index in [1.54, 1.807) is 0 Å². The van der Waals surface area contributed by atoms with Crippen LogP contribution in [0.2, 0.25) is 5.02 Å². The maximum atomic E-state index is 12.3. The number of carbonyl (C=O) groups is 1. The molecule has 18 heavy (non-hydrogen) atoms. The third kappa shape index (κ3) is 3.82. The van der Waals surface area contributed by atoms with Crippen LogP contribution in [0.3, 0.4) is 0 Å². The maximum Gasteiger partial charge on any atom is 0.255 e. The molecule has 1 rings (SSSR count). The number of hydrogen-bond acceptors (Lipinski definition) is 3. The highest BCUT2D eigenvalue weighted by Crippen LogP contribution is 2.22. The maximum absolute atomic E-state index is 12.3. The molecular weight excluding hydrogens is 268 g/mol. The van der Waals surface area contributed by atoms with Crippen LogP contribution in [0.25, 0.3) is 0 Å². The molecule has 1 amide bonds. The molecule has 1 aromatic rings. The summed E-state index contributed by atoms with van der Waals surface area (Å²) in [6.07, 6.45) is -2.71. The van der Waals surface area contributed by atoms with Gasteiger partial charge in [-0.05, 0) is 18.2 Å². The van der Waals surface area contributed by atoms with Crippen LogP contribution in [0.4, 0.5) is 8.78 Å². The second-order valence-corrected chi connectivity index (χ2v) is 3.94. The second kappa shape index (κ2) is 6.51. The first-order valence-corrected chi connectivity index (χ1v) is 5.50. The van der Waals surface area contributed by atoms with Crippen molar-refractivity contribution in [3.8, 4) is 5.75 Å². The summed E-state index contributed by atoms with van der Waals surface area (Å²) in [7, 11) is 0. The molecular formula is C11H12ClF2NO3. The average molecular weight is 280 g/mol. The lowest BCUT2D eigenvalue weighted by Crippen LogP contribution is -2.37. The fraction of sp³-hybridized carbons (Fsp3) is 0.364. The van der Waals surface area contributed by atoms with Gasteiger partial charge in [0.2, 0.25) is 0 Å². The molecule has 0 saturated carbocycles. The normalized spacial score (nSPS) is 10.7. The minimum atomic E-state index is -2.71. The van der Waals surface area contributed by atoms with Crippen molar-refractivity contribution < 1.29 is 23.8 Å². The molecule has 0 aliphatic rings. The van der Waals surface area contributed by atoms with E-state index in [2.05, 4.69) is 0 Å². The summed E-state index contributed by atoms with van der Waals surface area (Å²) >= 11 is 5.76. The molecule has 0 bridgehead atoms. The third-order valence-corrected chi connectivity index (χ3v) is 2.53. The number of carbonyl (C=O) groups excluding carboxylic acids is 1. The van der Waals surface area contributed by atoms with Crippen molar-refractivity contribution in [3.63, 3.8) is 0 Å². The number of amides is 1. The van der Waals surface area contributed by atoms with E-state index >= 15 is 0 Å². The van der Waals surface area contributed by atoms with E-state index in [4.69, 9.17) is 16.7 Å². The van der Waals surface area contributed by atoms with Crippen LogP contribution in [0, 0.1) is 0 Å². The molecule has 0 radical (unpaired) electrons. The van der Waals surface area contributed by atoms with Gasteiger partial charge in [0.1, 0.15) is 5.75 Å². The van der Waals surface area contributed by atoms with Gasteiger partial charge in [0.05, 0.1) is 23.7 Å². The number of phenolic OH excluding ortho intramolecular Hbond substituents is 1. The Morgan fingerprint density at radius 1 is 1.44 bits per heavy atom. The predicted molar refractivity (Wildman–Crippen MR) is 62.1 cm³/mol. The van der Waals surface area contributed by atoms with E-state index in [1.807, 2.05) is 0 Å². The van der Waals surface area contributed by atoms with E-state index in [1.165, 1.54) is 12.1 Å². The van der Waals surface area contributed by atoms with E-state index in [9.17, 15) is 18.7 Å². The quantitative estimate of drug-likeness (QED) is 0.863. The Morgan fingerprint density at radius 2 is 2.11 bits per heavy atom. The van der Waals surface area contributed by atoms with E-state index in [0.29, 0.717) is 0 Å². The summed E-state index contributed by atoms with van der Waals surface area (Å²) in [4.78, 5) is 12.7. The van der Waals surface area contributed by atoms with Crippen LogP contribution in [0.1, 0.15) is 10.4 Å². The Hall–Kier alpha value is -1.40. The van der Waals surface area contributed by atoms with Crippen LogP contribution in [0.15, 0.2) is 18.2 Å². The summed E-state index contributed by atoms with van der Waals surface area (Å²) < 4.78 is 24.6. The number of halogens is 3. The minimum absolute atomic E-state index is 0.0509. The molecule has 0 heterocycles. The first-order valence-electron chi connectivity index (χ1n) is 5.12. The lowest BCUT2D eigenvalue weighted by Gasteiger charge is -2.21. The highest BCUT2D eigenvalue weighted by molar-refractivity contribution is 6.33. The van der Waals surface area contributed by atoms with Crippen molar-refractivity contribution in [2.24, 2.45) is 0 Å². The molecule has 0 aliphatic heterocycles. The number of aliphatic hydroxyl groups excluding tert-OH is 1. The lowest BCUT2D eigenvalue weighted by atomic mass is 10.2. The molecule has 0 saturated heterocycles. The van der Waals surface area contributed by atoms with Crippen LogP contribution >= 0.6 is 11.6 Å². The fourth-order valence-corrected chi connectivity index (χ4v) is 1.61.